The van der Waals surface area contributed by atoms with E-state index in [2.05, 4.69) is 20.3 Å². The van der Waals surface area contributed by atoms with E-state index in [1.165, 1.54) is 7.11 Å². The van der Waals surface area contributed by atoms with Crippen LogP contribution in [0.15, 0.2) is 12.4 Å². The summed E-state index contributed by atoms with van der Waals surface area (Å²) in [5.74, 6) is -0.223. The Balaban J connectivity index is 1.98. The number of aromatic nitrogens is 3. The Bertz CT molecular complexity index is 311. The van der Waals surface area contributed by atoms with E-state index < -0.39 is 0 Å². The fraction of sp³-hybridized carbons (Fsp3) is 0.625. The smallest absolute Gasteiger partial charge is 0.322 e. The fourth-order valence-corrected chi connectivity index (χ4v) is 1.63. The molecular formula is C8H12N4O2. The van der Waals surface area contributed by atoms with Gasteiger partial charge in [-0.3, -0.25) is 4.79 Å². The van der Waals surface area contributed by atoms with Crippen LogP contribution in [0.25, 0.3) is 0 Å². The van der Waals surface area contributed by atoms with Crippen molar-refractivity contribution in [3.63, 3.8) is 0 Å². The second-order valence-electron chi connectivity index (χ2n) is 3.22. The highest BCUT2D eigenvalue weighted by molar-refractivity contribution is 5.76. The molecule has 2 atom stereocenters. The Morgan fingerprint density at radius 3 is 2.93 bits per heavy atom. The Morgan fingerprint density at radius 1 is 1.57 bits per heavy atom. The summed E-state index contributed by atoms with van der Waals surface area (Å²) in [4.78, 5) is 12.8. The molecule has 0 aliphatic carbocycles. The van der Waals surface area contributed by atoms with Gasteiger partial charge in [-0.1, -0.05) is 0 Å². The topological polar surface area (TPSA) is 69.0 Å². The second-order valence-corrected chi connectivity index (χ2v) is 3.22. The summed E-state index contributed by atoms with van der Waals surface area (Å²) in [6.07, 6.45) is 3.94. The first kappa shape index (κ1) is 9.14. The quantitative estimate of drug-likeness (QED) is 0.637. The highest BCUT2D eigenvalue weighted by atomic mass is 16.5. The van der Waals surface area contributed by atoms with Gasteiger partial charge in [-0.25, -0.2) is 0 Å². The van der Waals surface area contributed by atoms with Crippen molar-refractivity contribution in [3.8, 4) is 0 Å². The molecule has 6 heteroatoms. The summed E-state index contributed by atoms with van der Waals surface area (Å²) >= 11 is 0. The molecule has 2 rings (SSSR count). The van der Waals surface area contributed by atoms with Crippen LogP contribution in [-0.2, 0) is 9.53 Å². The van der Waals surface area contributed by atoms with Gasteiger partial charge in [0.15, 0.2) is 0 Å². The average Bonchev–Trinajstić information content (AvgIpc) is 2.86. The van der Waals surface area contributed by atoms with Gasteiger partial charge in [0.1, 0.15) is 6.04 Å². The monoisotopic (exact) mass is 196 g/mol. The third kappa shape index (κ3) is 1.60. The molecule has 1 N–H and O–H groups in total. The summed E-state index contributed by atoms with van der Waals surface area (Å²) < 4.78 is 4.65. The standard InChI is InChI=1S/C8H12N4O2/c1-14-8(13)7-4-6(5-9-7)12-10-2-3-11-12/h2-3,6-7,9H,4-5H2,1H3/t6-,7+/m0/s1. The minimum absolute atomic E-state index is 0.147. The summed E-state index contributed by atoms with van der Waals surface area (Å²) in [5.41, 5.74) is 0. The van der Waals surface area contributed by atoms with Crippen LogP contribution in [0.1, 0.15) is 12.5 Å². The minimum atomic E-state index is -0.226. The first-order valence-corrected chi connectivity index (χ1v) is 4.48. The zero-order chi connectivity index (χ0) is 9.97. The summed E-state index contributed by atoms with van der Waals surface area (Å²) in [7, 11) is 1.39. The van der Waals surface area contributed by atoms with E-state index in [0.29, 0.717) is 13.0 Å². The van der Waals surface area contributed by atoms with Gasteiger partial charge in [0.25, 0.3) is 0 Å². The number of rotatable bonds is 2. The van der Waals surface area contributed by atoms with Gasteiger partial charge in [0.2, 0.25) is 0 Å². The van der Waals surface area contributed by atoms with Crippen LogP contribution < -0.4 is 5.32 Å². The number of hydrogen-bond donors (Lipinski definition) is 1. The first-order valence-electron chi connectivity index (χ1n) is 4.48. The van der Waals surface area contributed by atoms with Gasteiger partial charge in [-0.2, -0.15) is 15.0 Å². The van der Waals surface area contributed by atoms with Gasteiger partial charge < -0.3 is 10.1 Å². The van der Waals surface area contributed by atoms with Gasteiger partial charge in [-0.15, -0.1) is 0 Å². The molecule has 0 saturated carbocycles. The van der Waals surface area contributed by atoms with Crippen LogP contribution in [0, 0.1) is 0 Å². The fourth-order valence-electron chi connectivity index (χ4n) is 1.63. The zero-order valence-corrected chi connectivity index (χ0v) is 7.88. The Kier molecular flexibility index (Phi) is 2.45. The lowest BCUT2D eigenvalue weighted by Crippen LogP contribution is -2.31. The largest absolute Gasteiger partial charge is 0.468 e. The number of ether oxygens (including phenoxy) is 1. The van der Waals surface area contributed by atoms with Crippen molar-refractivity contribution in [2.45, 2.75) is 18.5 Å². The third-order valence-electron chi connectivity index (χ3n) is 2.36. The van der Waals surface area contributed by atoms with Crippen molar-refractivity contribution in [2.75, 3.05) is 13.7 Å². The number of carbonyl (C=O) groups is 1. The van der Waals surface area contributed by atoms with Gasteiger partial charge in [0, 0.05) is 6.54 Å². The van der Waals surface area contributed by atoms with Crippen molar-refractivity contribution in [1.82, 2.24) is 20.3 Å². The maximum atomic E-state index is 11.2. The number of methoxy groups -OCH3 is 1. The molecule has 0 spiro atoms. The van der Waals surface area contributed by atoms with Crippen molar-refractivity contribution in [2.24, 2.45) is 0 Å². The lowest BCUT2D eigenvalue weighted by atomic mass is 10.2. The van der Waals surface area contributed by atoms with Crippen LogP contribution in [0.2, 0.25) is 0 Å². The van der Waals surface area contributed by atoms with E-state index in [1.807, 2.05) is 0 Å². The molecule has 0 radical (unpaired) electrons. The van der Waals surface area contributed by atoms with Gasteiger partial charge in [-0.05, 0) is 6.42 Å². The highest BCUT2D eigenvalue weighted by Gasteiger charge is 2.31. The highest BCUT2D eigenvalue weighted by Crippen LogP contribution is 2.17. The lowest BCUT2D eigenvalue weighted by molar-refractivity contribution is -0.142. The molecule has 2 heterocycles. The van der Waals surface area contributed by atoms with E-state index in [0.717, 1.165) is 0 Å². The number of hydrogen-bond acceptors (Lipinski definition) is 5. The first-order chi connectivity index (χ1) is 6.81. The van der Waals surface area contributed by atoms with E-state index in [4.69, 9.17) is 0 Å². The van der Waals surface area contributed by atoms with E-state index in [-0.39, 0.29) is 18.1 Å². The molecular weight excluding hydrogens is 184 g/mol. The van der Waals surface area contributed by atoms with Crippen molar-refractivity contribution < 1.29 is 9.53 Å². The predicted molar refractivity (Wildman–Crippen MR) is 47.5 cm³/mol. The maximum absolute atomic E-state index is 11.2. The van der Waals surface area contributed by atoms with Crippen LogP contribution in [0.4, 0.5) is 0 Å². The molecule has 1 saturated heterocycles. The summed E-state index contributed by atoms with van der Waals surface area (Å²) in [5, 5.41) is 11.1. The Hall–Kier alpha value is -1.43. The molecule has 76 valence electrons. The van der Waals surface area contributed by atoms with Crippen LogP contribution in [0.5, 0.6) is 0 Å². The molecule has 0 bridgehead atoms. The average molecular weight is 196 g/mol. The summed E-state index contributed by atoms with van der Waals surface area (Å²) in [6.45, 7) is 0.703. The van der Waals surface area contributed by atoms with E-state index in [9.17, 15) is 4.79 Å². The maximum Gasteiger partial charge on any atom is 0.322 e. The lowest BCUT2D eigenvalue weighted by Gasteiger charge is -2.07. The Labute approximate surface area is 81.2 Å². The number of carbonyl (C=O) groups excluding carboxylic acids is 1. The molecule has 0 amide bonds. The molecule has 0 aromatic carbocycles. The van der Waals surface area contributed by atoms with Gasteiger partial charge >= 0.3 is 5.97 Å². The zero-order valence-electron chi connectivity index (χ0n) is 7.88. The molecule has 1 aromatic heterocycles. The molecule has 0 unspecified atom stereocenters. The van der Waals surface area contributed by atoms with Crippen LogP contribution >= 0.6 is 0 Å². The molecule has 1 aliphatic rings. The van der Waals surface area contributed by atoms with Gasteiger partial charge in [0.05, 0.1) is 25.5 Å². The minimum Gasteiger partial charge on any atom is -0.468 e. The van der Waals surface area contributed by atoms with E-state index >= 15 is 0 Å². The third-order valence-corrected chi connectivity index (χ3v) is 2.36. The number of esters is 1. The van der Waals surface area contributed by atoms with Crippen molar-refractivity contribution >= 4 is 5.97 Å². The second kappa shape index (κ2) is 3.75. The summed E-state index contributed by atoms with van der Waals surface area (Å²) in [6, 6.07) is -0.0786. The van der Waals surface area contributed by atoms with Crippen LogP contribution in [-0.4, -0.2) is 40.7 Å². The molecule has 1 aliphatic heterocycles. The Morgan fingerprint density at radius 2 is 2.29 bits per heavy atom. The number of nitrogens with one attached hydrogen (secondary N) is 1. The van der Waals surface area contributed by atoms with Crippen molar-refractivity contribution in [1.29, 1.82) is 0 Å². The predicted octanol–water partition coefficient (Wildman–Crippen LogP) is -0.646. The normalized spacial score (nSPS) is 26.4. The SMILES string of the molecule is COC(=O)[C@H]1C[C@H](n2nccn2)CN1. The van der Waals surface area contributed by atoms with Crippen molar-refractivity contribution in [3.05, 3.63) is 12.4 Å². The molecule has 1 aromatic rings. The molecule has 6 nitrogen and oxygen atoms in total. The van der Waals surface area contributed by atoms with Crippen LogP contribution in [0.3, 0.4) is 0 Å². The molecule has 1 fully saturated rings. The molecule has 14 heavy (non-hydrogen) atoms. The number of nitrogens with zero attached hydrogens (tertiary/aromatic N) is 3. The van der Waals surface area contributed by atoms with E-state index in [1.54, 1.807) is 17.2 Å².